The van der Waals surface area contributed by atoms with Gasteiger partial charge in [-0.2, -0.15) is 0 Å². The quantitative estimate of drug-likeness (QED) is 0.857. The van der Waals surface area contributed by atoms with Crippen LogP contribution in [-0.4, -0.2) is 11.5 Å². The van der Waals surface area contributed by atoms with Gasteiger partial charge >= 0.3 is 0 Å². The highest BCUT2D eigenvalue weighted by Crippen LogP contribution is 2.29. The lowest BCUT2D eigenvalue weighted by Gasteiger charge is -2.10. The predicted molar refractivity (Wildman–Crippen MR) is 80.8 cm³/mol. The van der Waals surface area contributed by atoms with E-state index in [1.807, 2.05) is 37.3 Å². The number of halogens is 2. The van der Waals surface area contributed by atoms with Gasteiger partial charge in [0.05, 0.1) is 5.69 Å². The van der Waals surface area contributed by atoms with Gasteiger partial charge in [-0.05, 0) is 47.1 Å². The maximum atomic E-state index is 5.98. The molecule has 0 atom stereocenters. The van der Waals surface area contributed by atoms with Gasteiger partial charge in [0.1, 0.15) is 5.82 Å². The topological polar surface area (TPSA) is 37.0 Å². The lowest BCUT2D eigenvalue weighted by molar-refractivity contribution is 1.16. The number of anilines is 3. The van der Waals surface area contributed by atoms with E-state index in [0.717, 1.165) is 28.2 Å². The second kappa shape index (κ2) is 6.07. The second-order valence-corrected chi connectivity index (χ2v) is 5.00. The molecule has 1 aromatic carbocycles. The van der Waals surface area contributed by atoms with Crippen molar-refractivity contribution in [2.24, 2.45) is 0 Å². The number of benzene rings is 1. The third kappa shape index (κ3) is 3.37. The van der Waals surface area contributed by atoms with Crippen LogP contribution in [0.3, 0.4) is 0 Å². The van der Waals surface area contributed by atoms with Gasteiger partial charge in [0, 0.05) is 34.0 Å². The number of nitrogens with one attached hydrogen (secondary N) is 2. The van der Waals surface area contributed by atoms with E-state index in [9.17, 15) is 0 Å². The van der Waals surface area contributed by atoms with Crippen molar-refractivity contribution in [3.63, 3.8) is 0 Å². The fraction of sp³-hybridized carbons (Fsp3) is 0.154. The molecule has 94 valence electrons. The minimum Gasteiger partial charge on any atom is -0.370 e. The number of pyridine rings is 1. The summed E-state index contributed by atoms with van der Waals surface area (Å²) in [7, 11) is 0. The van der Waals surface area contributed by atoms with Crippen LogP contribution in [0.2, 0.25) is 5.02 Å². The molecule has 0 aliphatic carbocycles. The normalized spacial score (nSPS) is 10.2. The SMILES string of the molecule is CCNc1cc(Nc2cc(Cl)ccc2Br)ccn1. The Labute approximate surface area is 120 Å². The van der Waals surface area contributed by atoms with Gasteiger partial charge in [-0.15, -0.1) is 0 Å². The Morgan fingerprint density at radius 2 is 2.11 bits per heavy atom. The molecule has 0 spiro atoms. The lowest BCUT2D eigenvalue weighted by atomic mass is 10.3. The van der Waals surface area contributed by atoms with Crippen LogP contribution in [0.5, 0.6) is 0 Å². The molecule has 2 aromatic rings. The van der Waals surface area contributed by atoms with Crippen LogP contribution in [-0.2, 0) is 0 Å². The molecule has 3 nitrogen and oxygen atoms in total. The molecule has 5 heteroatoms. The number of aromatic nitrogens is 1. The highest BCUT2D eigenvalue weighted by atomic mass is 79.9. The van der Waals surface area contributed by atoms with E-state index in [2.05, 4.69) is 31.5 Å². The van der Waals surface area contributed by atoms with Gasteiger partial charge in [0.2, 0.25) is 0 Å². The molecule has 18 heavy (non-hydrogen) atoms. The lowest BCUT2D eigenvalue weighted by Crippen LogP contribution is -2.00. The molecule has 1 aromatic heterocycles. The Hall–Kier alpha value is -1.26. The van der Waals surface area contributed by atoms with E-state index >= 15 is 0 Å². The van der Waals surface area contributed by atoms with E-state index in [4.69, 9.17) is 11.6 Å². The minimum absolute atomic E-state index is 0.696. The summed E-state index contributed by atoms with van der Waals surface area (Å²) in [6.45, 7) is 2.88. The molecule has 0 saturated heterocycles. The van der Waals surface area contributed by atoms with Crippen molar-refractivity contribution >= 4 is 44.7 Å². The molecule has 2 N–H and O–H groups in total. The van der Waals surface area contributed by atoms with Gasteiger partial charge in [0.25, 0.3) is 0 Å². The highest BCUT2D eigenvalue weighted by molar-refractivity contribution is 9.10. The summed E-state index contributed by atoms with van der Waals surface area (Å²) in [5.41, 5.74) is 1.89. The van der Waals surface area contributed by atoms with E-state index in [1.165, 1.54) is 0 Å². The van der Waals surface area contributed by atoms with Gasteiger partial charge in [-0.25, -0.2) is 4.98 Å². The molecule has 2 rings (SSSR count). The zero-order chi connectivity index (χ0) is 13.0. The predicted octanol–water partition coefficient (Wildman–Crippen LogP) is 4.67. The molecule has 0 aliphatic rings. The number of nitrogens with zero attached hydrogens (tertiary/aromatic N) is 1. The van der Waals surface area contributed by atoms with Crippen LogP contribution >= 0.6 is 27.5 Å². The Bertz CT molecular complexity index is 546. The molecule has 1 heterocycles. The summed E-state index contributed by atoms with van der Waals surface area (Å²) < 4.78 is 0.966. The van der Waals surface area contributed by atoms with Crippen LogP contribution in [0.1, 0.15) is 6.92 Å². The van der Waals surface area contributed by atoms with Crippen molar-refractivity contribution < 1.29 is 0 Å². The first-order chi connectivity index (χ1) is 8.69. The third-order valence-corrected chi connectivity index (χ3v) is 3.25. The Morgan fingerprint density at radius 3 is 2.89 bits per heavy atom. The monoisotopic (exact) mass is 325 g/mol. The van der Waals surface area contributed by atoms with Gasteiger partial charge in [-0.3, -0.25) is 0 Å². The highest BCUT2D eigenvalue weighted by Gasteiger charge is 2.02. The summed E-state index contributed by atoms with van der Waals surface area (Å²) in [6.07, 6.45) is 1.76. The number of hydrogen-bond donors (Lipinski definition) is 2. The molecule has 0 unspecified atom stereocenters. The molecule has 0 saturated carbocycles. The summed E-state index contributed by atoms with van der Waals surface area (Å²) in [5, 5.41) is 7.17. The van der Waals surface area contributed by atoms with Crippen molar-refractivity contribution in [3.8, 4) is 0 Å². The molecule has 0 bridgehead atoms. The Morgan fingerprint density at radius 1 is 1.28 bits per heavy atom. The van der Waals surface area contributed by atoms with Gasteiger partial charge < -0.3 is 10.6 Å². The smallest absolute Gasteiger partial charge is 0.127 e. The second-order valence-electron chi connectivity index (χ2n) is 3.71. The first-order valence-electron chi connectivity index (χ1n) is 5.61. The fourth-order valence-corrected chi connectivity index (χ4v) is 2.05. The summed E-state index contributed by atoms with van der Waals surface area (Å²) in [5.74, 6) is 0.848. The van der Waals surface area contributed by atoms with Crippen molar-refractivity contribution in [1.82, 2.24) is 4.98 Å². The maximum absolute atomic E-state index is 5.98. The fourth-order valence-electron chi connectivity index (χ4n) is 1.53. The van der Waals surface area contributed by atoms with Crippen molar-refractivity contribution in [2.75, 3.05) is 17.2 Å². The Kier molecular flexibility index (Phi) is 4.44. The van der Waals surface area contributed by atoms with E-state index in [-0.39, 0.29) is 0 Å². The maximum Gasteiger partial charge on any atom is 0.127 e. The average Bonchev–Trinajstić information content (AvgIpc) is 2.35. The van der Waals surface area contributed by atoms with Crippen LogP contribution in [0.25, 0.3) is 0 Å². The minimum atomic E-state index is 0.696. The van der Waals surface area contributed by atoms with Crippen LogP contribution in [0.15, 0.2) is 41.0 Å². The summed E-state index contributed by atoms with van der Waals surface area (Å²) in [6, 6.07) is 9.49. The first-order valence-corrected chi connectivity index (χ1v) is 6.78. The van der Waals surface area contributed by atoms with Crippen molar-refractivity contribution in [3.05, 3.63) is 46.0 Å². The van der Waals surface area contributed by atoms with Gasteiger partial charge in [-0.1, -0.05) is 11.6 Å². The molecular weight excluding hydrogens is 314 g/mol. The molecule has 0 radical (unpaired) electrons. The summed E-state index contributed by atoms with van der Waals surface area (Å²) in [4.78, 5) is 4.22. The number of rotatable bonds is 4. The van der Waals surface area contributed by atoms with Crippen molar-refractivity contribution in [2.45, 2.75) is 6.92 Å². The molecule has 0 fully saturated rings. The molecule has 0 amide bonds. The first kappa shape index (κ1) is 13.2. The zero-order valence-electron chi connectivity index (χ0n) is 9.87. The van der Waals surface area contributed by atoms with Crippen LogP contribution < -0.4 is 10.6 Å². The third-order valence-electron chi connectivity index (χ3n) is 2.33. The van der Waals surface area contributed by atoms with Gasteiger partial charge in [0.15, 0.2) is 0 Å². The molecule has 0 aliphatic heterocycles. The largest absolute Gasteiger partial charge is 0.370 e. The molecular formula is C13H13BrClN3. The van der Waals surface area contributed by atoms with Crippen LogP contribution in [0.4, 0.5) is 17.2 Å². The Balaban J connectivity index is 2.22. The van der Waals surface area contributed by atoms with Crippen molar-refractivity contribution in [1.29, 1.82) is 0 Å². The van der Waals surface area contributed by atoms with E-state index < -0.39 is 0 Å². The van der Waals surface area contributed by atoms with E-state index in [1.54, 1.807) is 6.20 Å². The zero-order valence-corrected chi connectivity index (χ0v) is 12.2. The summed E-state index contributed by atoms with van der Waals surface area (Å²) >= 11 is 9.46. The number of hydrogen-bond acceptors (Lipinski definition) is 3. The van der Waals surface area contributed by atoms with E-state index in [0.29, 0.717) is 5.02 Å². The van der Waals surface area contributed by atoms with Crippen LogP contribution in [0, 0.1) is 0 Å². The standard InChI is InChI=1S/C13H13BrClN3/c1-2-16-13-8-10(5-6-17-13)18-12-7-9(15)3-4-11(12)14/h3-8H,2H2,1H3,(H2,16,17,18). The average molecular weight is 327 g/mol.